The third kappa shape index (κ3) is 4.49. The van der Waals surface area contributed by atoms with Crippen LogP contribution >= 0.6 is 0 Å². The van der Waals surface area contributed by atoms with Crippen molar-refractivity contribution in [3.8, 4) is 0 Å². The van der Waals surface area contributed by atoms with Crippen molar-refractivity contribution in [3.63, 3.8) is 0 Å². The zero-order chi connectivity index (χ0) is 19.2. The Kier molecular flexibility index (Phi) is 5.46. The lowest BCUT2D eigenvalue weighted by Crippen LogP contribution is -2.30. The average Bonchev–Trinajstić information content (AvgIpc) is 2.68. The van der Waals surface area contributed by atoms with Gasteiger partial charge in [-0.3, -0.25) is 15.6 Å². The molecule has 8 heteroatoms. The van der Waals surface area contributed by atoms with Crippen molar-refractivity contribution in [2.24, 2.45) is 0 Å². The monoisotopic (exact) mass is 366 g/mol. The van der Waals surface area contributed by atoms with Gasteiger partial charge < -0.3 is 10.6 Å². The van der Waals surface area contributed by atoms with Gasteiger partial charge in [-0.25, -0.2) is 14.4 Å². The van der Waals surface area contributed by atoms with Crippen LogP contribution in [0.1, 0.15) is 15.9 Å². The summed E-state index contributed by atoms with van der Waals surface area (Å²) in [5.41, 5.74) is 13.0. The van der Waals surface area contributed by atoms with Crippen LogP contribution in [0, 0.1) is 5.82 Å². The van der Waals surface area contributed by atoms with E-state index in [9.17, 15) is 9.18 Å². The number of nitrogens with zero attached hydrogens (tertiary/aromatic N) is 3. The number of nitrogens with one attached hydrogen (secondary N) is 2. The number of carbonyl (C=O) groups is 1. The van der Waals surface area contributed by atoms with Gasteiger partial charge in [0, 0.05) is 19.2 Å². The molecule has 3 rings (SSSR count). The van der Waals surface area contributed by atoms with E-state index in [0.29, 0.717) is 23.6 Å². The molecule has 138 valence electrons. The number of hydrogen-bond donors (Lipinski definition) is 3. The number of aromatic nitrogens is 2. The zero-order valence-corrected chi connectivity index (χ0v) is 14.7. The molecule has 0 aliphatic rings. The number of halogens is 1. The van der Waals surface area contributed by atoms with Gasteiger partial charge in [0.15, 0.2) is 11.6 Å². The van der Waals surface area contributed by atoms with Crippen LogP contribution in [0.15, 0.2) is 60.9 Å². The van der Waals surface area contributed by atoms with Crippen molar-refractivity contribution in [1.82, 2.24) is 15.4 Å². The molecule has 2 aromatic carbocycles. The first kappa shape index (κ1) is 18.1. The lowest BCUT2D eigenvalue weighted by molar-refractivity contribution is 0.0962. The van der Waals surface area contributed by atoms with Crippen molar-refractivity contribution in [2.45, 2.75) is 6.54 Å². The van der Waals surface area contributed by atoms with Gasteiger partial charge in [-0.1, -0.05) is 30.3 Å². The molecule has 0 radical (unpaired) electrons. The summed E-state index contributed by atoms with van der Waals surface area (Å²) in [6.45, 7) is 0.615. The Bertz CT molecular complexity index is 917. The molecule has 1 amide bonds. The van der Waals surface area contributed by atoms with E-state index < -0.39 is 11.7 Å². The third-order valence-corrected chi connectivity index (χ3v) is 3.89. The fraction of sp³-hybridized carbons (Fsp3) is 0.105. The van der Waals surface area contributed by atoms with Gasteiger partial charge in [0.2, 0.25) is 0 Å². The number of nitrogen functional groups attached to an aromatic ring is 1. The number of nitrogens with two attached hydrogens (primary N) is 1. The maximum atomic E-state index is 12.9. The van der Waals surface area contributed by atoms with E-state index in [1.54, 1.807) is 0 Å². The molecule has 0 aliphatic carbocycles. The van der Waals surface area contributed by atoms with Gasteiger partial charge in [-0.2, -0.15) is 0 Å². The molecule has 0 atom stereocenters. The van der Waals surface area contributed by atoms with Gasteiger partial charge in [0.1, 0.15) is 17.8 Å². The van der Waals surface area contributed by atoms with Crippen LogP contribution in [0.25, 0.3) is 0 Å². The highest BCUT2D eigenvalue weighted by atomic mass is 19.1. The second-order valence-corrected chi connectivity index (χ2v) is 5.89. The Balaban J connectivity index is 1.69. The number of hydrogen-bond acceptors (Lipinski definition) is 6. The van der Waals surface area contributed by atoms with E-state index >= 15 is 0 Å². The summed E-state index contributed by atoms with van der Waals surface area (Å²) in [4.78, 5) is 22.3. The molecule has 27 heavy (non-hydrogen) atoms. The van der Waals surface area contributed by atoms with Crippen LogP contribution in [-0.2, 0) is 6.54 Å². The Morgan fingerprint density at radius 3 is 2.52 bits per heavy atom. The van der Waals surface area contributed by atoms with E-state index in [1.807, 2.05) is 42.3 Å². The highest BCUT2D eigenvalue weighted by Gasteiger charge is 2.13. The second-order valence-electron chi connectivity index (χ2n) is 5.89. The maximum absolute atomic E-state index is 12.9. The van der Waals surface area contributed by atoms with Crippen LogP contribution in [-0.4, -0.2) is 22.9 Å². The van der Waals surface area contributed by atoms with E-state index in [2.05, 4.69) is 20.8 Å². The van der Waals surface area contributed by atoms with Gasteiger partial charge in [-0.15, -0.1) is 0 Å². The topological polar surface area (TPSA) is 96.2 Å². The fourth-order valence-electron chi connectivity index (χ4n) is 2.51. The molecule has 1 aromatic heterocycles. The maximum Gasteiger partial charge on any atom is 0.269 e. The molecular weight excluding hydrogens is 347 g/mol. The molecule has 1 heterocycles. The smallest absolute Gasteiger partial charge is 0.269 e. The first-order valence-electron chi connectivity index (χ1n) is 8.22. The number of benzene rings is 2. The average molecular weight is 366 g/mol. The Hall–Kier alpha value is -3.68. The quantitative estimate of drug-likeness (QED) is 0.580. The van der Waals surface area contributed by atoms with Gasteiger partial charge in [-0.05, 0) is 29.8 Å². The van der Waals surface area contributed by atoms with Crippen LogP contribution in [0.4, 0.5) is 21.7 Å². The molecule has 0 saturated carbocycles. The number of amides is 1. The molecular formula is C19H19FN6O. The number of rotatable bonds is 6. The highest BCUT2D eigenvalue weighted by Crippen LogP contribution is 2.25. The van der Waals surface area contributed by atoms with Crippen molar-refractivity contribution in [2.75, 3.05) is 23.1 Å². The van der Waals surface area contributed by atoms with E-state index in [-0.39, 0.29) is 5.82 Å². The van der Waals surface area contributed by atoms with Gasteiger partial charge in [0.25, 0.3) is 5.91 Å². The summed E-state index contributed by atoms with van der Waals surface area (Å²) in [6, 6.07) is 15.1. The first-order chi connectivity index (χ1) is 13.0. The molecule has 0 spiro atoms. The minimum atomic E-state index is -0.438. The van der Waals surface area contributed by atoms with Crippen LogP contribution in [0.2, 0.25) is 0 Å². The summed E-state index contributed by atoms with van der Waals surface area (Å²) in [5.74, 6) is -0.0411. The first-order valence-corrected chi connectivity index (χ1v) is 8.22. The summed E-state index contributed by atoms with van der Waals surface area (Å²) >= 11 is 0. The highest BCUT2D eigenvalue weighted by molar-refractivity contribution is 5.95. The van der Waals surface area contributed by atoms with E-state index in [1.165, 1.54) is 30.6 Å². The SMILES string of the molecule is CN(Cc1ccccc1)c1ncnc(NNC(=O)c2ccc(F)cc2)c1N. The number of hydrazine groups is 1. The summed E-state index contributed by atoms with van der Waals surface area (Å²) < 4.78 is 12.9. The van der Waals surface area contributed by atoms with Crippen molar-refractivity contribution >= 4 is 23.2 Å². The lowest BCUT2D eigenvalue weighted by atomic mass is 10.2. The van der Waals surface area contributed by atoms with E-state index in [0.717, 1.165) is 5.56 Å². The minimum absolute atomic E-state index is 0.273. The van der Waals surface area contributed by atoms with Crippen LogP contribution in [0.5, 0.6) is 0 Å². The largest absolute Gasteiger partial charge is 0.393 e. The third-order valence-electron chi connectivity index (χ3n) is 3.89. The molecule has 3 aromatic rings. The van der Waals surface area contributed by atoms with Crippen molar-refractivity contribution in [1.29, 1.82) is 0 Å². The Morgan fingerprint density at radius 1 is 1.11 bits per heavy atom. The van der Waals surface area contributed by atoms with Crippen LogP contribution < -0.4 is 21.5 Å². The fourth-order valence-corrected chi connectivity index (χ4v) is 2.51. The standard InChI is InChI=1S/C19H19FN6O/c1-26(11-13-5-3-2-4-6-13)18-16(21)17(22-12-23-18)24-25-19(27)14-7-9-15(20)10-8-14/h2-10,12H,11,21H2,1H3,(H,25,27)(H,22,23,24). The molecule has 0 saturated heterocycles. The Labute approximate surface area is 156 Å². The zero-order valence-electron chi connectivity index (χ0n) is 14.7. The number of anilines is 3. The lowest BCUT2D eigenvalue weighted by Gasteiger charge is -2.21. The second kappa shape index (κ2) is 8.13. The molecule has 0 unspecified atom stereocenters. The van der Waals surface area contributed by atoms with Crippen LogP contribution in [0.3, 0.4) is 0 Å². The summed E-state index contributed by atoms with van der Waals surface area (Å²) in [6.07, 6.45) is 1.36. The molecule has 0 bridgehead atoms. The number of carbonyl (C=O) groups excluding carboxylic acids is 1. The molecule has 0 fully saturated rings. The van der Waals surface area contributed by atoms with Crippen molar-refractivity contribution < 1.29 is 9.18 Å². The van der Waals surface area contributed by atoms with Gasteiger partial charge >= 0.3 is 0 Å². The van der Waals surface area contributed by atoms with E-state index in [4.69, 9.17) is 5.73 Å². The summed E-state index contributed by atoms with van der Waals surface area (Å²) in [7, 11) is 1.87. The van der Waals surface area contributed by atoms with Gasteiger partial charge in [0.05, 0.1) is 0 Å². The normalized spacial score (nSPS) is 10.3. The molecule has 7 nitrogen and oxygen atoms in total. The Morgan fingerprint density at radius 2 is 1.81 bits per heavy atom. The predicted octanol–water partition coefficient (Wildman–Crippen LogP) is 2.59. The molecule has 4 N–H and O–H groups in total. The predicted molar refractivity (Wildman–Crippen MR) is 102 cm³/mol. The minimum Gasteiger partial charge on any atom is -0.393 e. The molecule has 0 aliphatic heterocycles. The van der Waals surface area contributed by atoms with Crippen molar-refractivity contribution in [3.05, 3.63) is 77.9 Å². The summed E-state index contributed by atoms with van der Waals surface area (Å²) in [5, 5.41) is 0.